The number of likely N-dealkylation sites (N-methyl/N-ethyl adjacent to an activating group) is 1. The summed E-state index contributed by atoms with van der Waals surface area (Å²) in [5, 5.41) is 9.28. The van der Waals surface area contributed by atoms with Crippen molar-refractivity contribution in [2.45, 2.75) is 32.9 Å². The van der Waals surface area contributed by atoms with Gasteiger partial charge in [0.15, 0.2) is 0 Å². The van der Waals surface area contributed by atoms with Crippen LogP contribution in [0.2, 0.25) is 10.0 Å². The van der Waals surface area contributed by atoms with E-state index in [9.17, 15) is 0 Å². The largest absolute Gasteiger partial charge is 0.313 e. The summed E-state index contributed by atoms with van der Waals surface area (Å²) >= 11 is 16.0. The highest BCUT2D eigenvalue weighted by molar-refractivity contribution is 9.10. The molecule has 0 fully saturated rings. The van der Waals surface area contributed by atoms with Gasteiger partial charge in [0.2, 0.25) is 0 Å². The first-order chi connectivity index (χ1) is 9.97. The van der Waals surface area contributed by atoms with Gasteiger partial charge in [-0.15, -0.1) is 0 Å². The van der Waals surface area contributed by atoms with Gasteiger partial charge in [-0.05, 0) is 38.6 Å². The highest BCUT2D eigenvalue weighted by Crippen LogP contribution is 2.31. The Hall–Kier alpha value is -0.550. The molecule has 1 N–H and O–H groups in total. The van der Waals surface area contributed by atoms with E-state index in [-0.39, 0.29) is 6.04 Å². The Kier molecular flexibility index (Phi) is 5.72. The van der Waals surface area contributed by atoms with Gasteiger partial charge in [-0.25, -0.2) is 0 Å². The number of halogens is 3. The minimum absolute atomic E-state index is 0.135. The van der Waals surface area contributed by atoms with Crippen molar-refractivity contribution < 1.29 is 0 Å². The van der Waals surface area contributed by atoms with Crippen LogP contribution >= 0.6 is 39.1 Å². The van der Waals surface area contributed by atoms with Crippen molar-refractivity contribution in [2.24, 2.45) is 0 Å². The summed E-state index contributed by atoms with van der Waals surface area (Å²) < 4.78 is 2.95. The number of hydrogen-bond acceptors (Lipinski definition) is 2. The predicted octanol–water partition coefficient (Wildman–Crippen LogP) is 4.78. The number of benzene rings is 1. The van der Waals surface area contributed by atoms with E-state index in [2.05, 4.69) is 33.3 Å². The summed E-state index contributed by atoms with van der Waals surface area (Å²) in [6, 6.07) is 5.97. The van der Waals surface area contributed by atoms with Crippen molar-refractivity contribution in [2.75, 3.05) is 7.05 Å². The van der Waals surface area contributed by atoms with Crippen molar-refractivity contribution in [3.63, 3.8) is 0 Å². The lowest BCUT2D eigenvalue weighted by Crippen LogP contribution is -2.21. The lowest BCUT2D eigenvalue weighted by molar-refractivity contribution is 0.540. The van der Waals surface area contributed by atoms with Gasteiger partial charge >= 0.3 is 0 Å². The number of hydrogen-bond donors (Lipinski definition) is 1. The average molecular weight is 391 g/mol. The first kappa shape index (κ1) is 16.8. The summed E-state index contributed by atoms with van der Waals surface area (Å²) in [7, 11) is 1.94. The maximum absolute atomic E-state index is 6.40. The first-order valence-electron chi connectivity index (χ1n) is 6.81. The summed E-state index contributed by atoms with van der Waals surface area (Å²) in [5.41, 5.74) is 3.08. The quantitative estimate of drug-likeness (QED) is 0.795. The smallest absolute Gasteiger partial charge is 0.0847 e. The fourth-order valence-electron chi connectivity index (χ4n) is 2.41. The Morgan fingerprint density at radius 3 is 2.67 bits per heavy atom. The Morgan fingerprint density at radius 2 is 2.10 bits per heavy atom. The summed E-state index contributed by atoms with van der Waals surface area (Å²) in [6.07, 6.45) is 0.768. The topological polar surface area (TPSA) is 29.9 Å². The van der Waals surface area contributed by atoms with Gasteiger partial charge < -0.3 is 5.32 Å². The van der Waals surface area contributed by atoms with Crippen LogP contribution in [-0.2, 0) is 13.0 Å². The van der Waals surface area contributed by atoms with Gasteiger partial charge in [-0.3, -0.25) is 4.68 Å². The minimum atomic E-state index is 0.135. The van der Waals surface area contributed by atoms with Crippen LogP contribution in [0, 0.1) is 6.92 Å². The lowest BCUT2D eigenvalue weighted by atomic mass is 10.0. The SMILES string of the molecule is CCn1nc(C)c(Cl)c1CC(NC)c1ccc(Cl)cc1Br. The molecule has 114 valence electrons. The zero-order chi connectivity index (χ0) is 15.6. The molecule has 0 aliphatic heterocycles. The molecule has 2 rings (SSSR count). The molecule has 0 aliphatic carbocycles. The Labute approximate surface area is 143 Å². The zero-order valence-electron chi connectivity index (χ0n) is 12.3. The molecule has 21 heavy (non-hydrogen) atoms. The zero-order valence-corrected chi connectivity index (χ0v) is 15.3. The molecule has 1 aromatic carbocycles. The van der Waals surface area contributed by atoms with Crippen LogP contribution in [0.5, 0.6) is 0 Å². The average Bonchev–Trinajstić information content (AvgIpc) is 2.72. The maximum atomic E-state index is 6.40. The Bertz CT molecular complexity index is 640. The van der Waals surface area contributed by atoms with Crippen LogP contribution in [0.1, 0.15) is 29.9 Å². The predicted molar refractivity (Wildman–Crippen MR) is 92.3 cm³/mol. The molecule has 0 saturated heterocycles. The van der Waals surface area contributed by atoms with Crippen molar-refractivity contribution in [1.82, 2.24) is 15.1 Å². The van der Waals surface area contributed by atoms with E-state index in [1.54, 1.807) is 0 Å². The molecule has 0 spiro atoms. The van der Waals surface area contributed by atoms with Gasteiger partial charge in [-0.1, -0.05) is 45.2 Å². The third kappa shape index (κ3) is 3.62. The first-order valence-corrected chi connectivity index (χ1v) is 8.36. The number of aryl methyl sites for hydroxylation is 2. The van der Waals surface area contributed by atoms with Gasteiger partial charge in [-0.2, -0.15) is 5.10 Å². The van der Waals surface area contributed by atoms with Crippen LogP contribution in [0.15, 0.2) is 22.7 Å². The summed E-state index contributed by atoms with van der Waals surface area (Å²) in [5.74, 6) is 0. The molecule has 0 bridgehead atoms. The number of nitrogens with one attached hydrogen (secondary N) is 1. The van der Waals surface area contributed by atoms with E-state index < -0.39 is 0 Å². The van der Waals surface area contributed by atoms with Crippen LogP contribution in [-0.4, -0.2) is 16.8 Å². The van der Waals surface area contributed by atoms with Crippen molar-refractivity contribution >= 4 is 39.1 Å². The van der Waals surface area contributed by atoms with Crippen molar-refractivity contribution in [1.29, 1.82) is 0 Å². The summed E-state index contributed by atoms with van der Waals surface area (Å²) in [4.78, 5) is 0. The molecular formula is C15H18BrCl2N3. The van der Waals surface area contributed by atoms with Crippen LogP contribution in [0.25, 0.3) is 0 Å². The fourth-order valence-corrected chi connectivity index (χ4v) is 3.58. The molecule has 0 radical (unpaired) electrons. The molecule has 1 unspecified atom stereocenters. The van der Waals surface area contributed by atoms with E-state index in [1.165, 1.54) is 0 Å². The normalized spacial score (nSPS) is 12.7. The maximum Gasteiger partial charge on any atom is 0.0847 e. The van der Waals surface area contributed by atoms with Gasteiger partial charge in [0, 0.05) is 28.5 Å². The molecule has 1 heterocycles. The molecule has 2 aromatic rings. The Morgan fingerprint density at radius 1 is 1.38 bits per heavy atom. The molecule has 0 aliphatic rings. The fraction of sp³-hybridized carbons (Fsp3) is 0.400. The minimum Gasteiger partial charge on any atom is -0.313 e. The molecule has 0 amide bonds. The number of nitrogens with zero attached hydrogens (tertiary/aromatic N) is 2. The van der Waals surface area contributed by atoms with E-state index in [4.69, 9.17) is 23.2 Å². The van der Waals surface area contributed by atoms with E-state index in [0.717, 1.165) is 39.4 Å². The second-order valence-corrected chi connectivity index (χ2v) is 6.54. The monoisotopic (exact) mass is 389 g/mol. The van der Waals surface area contributed by atoms with Gasteiger partial charge in [0.25, 0.3) is 0 Å². The molecule has 1 aromatic heterocycles. The van der Waals surface area contributed by atoms with Crippen molar-refractivity contribution in [3.8, 4) is 0 Å². The van der Waals surface area contributed by atoms with E-state index in [1.807, 2.05) is 36.9 Å². The van der Waals surface area contributed by atoms with Crippen LogP contribution in [0.3, 0.4) is 0 Å². The molecule has 3 nitrogen and oxygen atoms in total. The van der Waals surface area contributed by atoms with Crippen molar-refractivity contribution in [3.05, 3.63) is 49.7 Å². The Balaban J connectivity index is 2.35. The second-order valence-electron chi connectivity index (χ2n) is 4.87. The molecule has 6 heteroatoms. The van der Waals surface area contributed by atoms with E-state index >= 15 is 0 Å². The molecule has 1 atom stereocenters. The third-order valence-electron chi connectivity index (χ3n) is 3.54. The van der Waals surface area contributed by atoms with Gasteiger partial charge in [0.05, 0.1) is 16.4 Å². The summed E-state index contributed by atoms with van der Waals surface area (Å²) in [6.45, 7) is 4.81. The van der Waals surface area contributed by atoms with Crippen LogP contribution < -0.4 is 5.32 Å². The number of aromatic nitrogens is 2. The highest BCUT2D eigenvalue weighted by Gasteiger charge is 2.19. The standard InChI is InChI=1S/C15H18BrCl2N3/c1-4-21-14(15(18)9(2)20-21)8-13(19-3)11-6-5-10(17)7-12(11)16/h5-7,13,19H,4,8H2,1-3H3. The molecular weight excluding hydrogens is 373 g/mol. The van der Waals surface area contributed by atoms with E-state index in [0.29, 0.717) is 5.02 Å². The number of rotatable bonds is 5. The van der Waals surface area contributed by atoms with Gasteiger partial charge in [0.1, 0.15) is 0 Å². The second kappa shape index (κ2) is 7.14. The molecule has 0 saturated carbocycles. The third-order valence-corrected chi connectivity index (χ3v) is 4.95. The van der Waals surface area contributed by atoms with Crippen LogP contribution in [0.4, 0.5) is 0 Å². The highest BCUT2D eigenvalue weighted by atomic mass is 79.9. The lowest BCUT2D eigenvalue weighted by Gasteiger charge is -2.19.